The minimum absolute atomic E-state index is 0.0759. The summed E-state index contributed by atoms with van der Waals surface area (Å²) in [5.41, 5.74) is 2.75. The number of carbonyl (C=O) groups is 3. The lowest BCUT2D eigenvalue weighted by atomic mass is 9.75. The molecular formula is C22H32N4O6. The van der Waals surface area contributed by atoms with Crippen molar-refractivity contribution in [1.82, 2.24) is 15.3 Å². The van der Waals surface area contributed by atoms with Gasteiger partial charge in [0.2, 0.25) is 11.8 Å². The molecule has 1 saturated heterocycles. The number of carbonyl (C=O) groups excluding carboxylic acids is 2. The van der Waals surface area contributed by atoms with Gasteiger partial charge in [0.1, 0.15) is 0 Å². The van der Waals surface area contributed by atoms with Crippen LogP contribution < -0.4 is 10.4 Å². The molecule has 176 valence electrons. The summed E-state index contributed by atoms with van der Waals surface area (Å²) in [5, 5.41) is 28.4. The van der Waals surface area contributed by atoms with Crippen molar-refractivity contribution < 1.29 is 29.8 Å². The third-order valence-corrected chi connectivity index (χ3v) is 6.45. The Hall–Kier alpha value is -2.85. The number of carboxylic acid groups (broad SMARTS) is 1. The number of aliphatic hydroxyl groups excluding tert-OH is 1. The van der Waals surface area contributed by atoms with Crippen LogP contribution >= 0.6 is 0 Å². The number of nitrogens with zero attached hydrogens (tertiary/aromatic N) is 3. The maximum absolute atomic E-state index is 13.3. The van der Waals surface area contributed by atoms with Crippen LogP contribution in [0, 0.1) is 11.8 Å². The van der Waals surface area contributed by atoms with E-state index in [-0.39, 0.29) is 18.9 Å². The molecule has 4 atom stereocenters. The summed E-state index contributed by atoms with van der Waals surface area (Å²) in [6, 6.07) is 9.45. The van der Waals surface area contributed by atoms with Gasteiger partial charge >= 0.3 is 6.09 Å². The predicted octanol–water partition coefficient (Wildman–Crippen LogP) is 0.986. The first kappa shape index (κ1) is 23.8. The number of amides is 3. The smallest absolute Gasteiger partial charge is 0.407 e. The summed E-state index contributed by atoms with van der Waals surface area (Å²) < 4.78 is 0. The standard InChI is InChI=1S/C22H32N4O6/c1-15(27)14-26(22(30)31)17-7-8-18(19(13-17)20(28)23-32)21(29)25-11-9-24(10-12-25)16-5-3-2-4-6-16/h2-6,15,17-19,27,32H,7-14H2,1H3,(H,23,28)(H,30,31)/t15-,17-,18+,19+/m1/s1. The number of para-hydroxylation sites is 1. The van der Waals surface area contributed by atoms with E-state index in [1.807, 2.05) is 30.3 Å². The zero-order valence-electron chi connectivity index (χ0n) is 18.3. The van der Waals surface area contributed by atoms with E-state index in [4.69, 9.17) is 0 Å². The molecule has 2 fully saturated rings. The summed E-state index contributed by atoms with van der Waals surface area (Å²) in [6.07, 6.45) is -1.16. The number of aliphatic hydroxyl groups is 1. The van der Waals surface area contributed by atoms with E-state index in [1.54, 1.807) is 10.4 Å². The Morgan fingerprint density at radius 2 is 1.75 bits per heavy atom. The second-order valence-corrected chi connectivity index (χ2v) is 8.59. The summed E-state index contributed by atoms with van der Waals surface area (Å²) in [7, 11) is 0. The van der Waals surface area contributed by atoms with Crippen LogP contribution in [0.1, 0.15) is 26.2 Å². The van der Waals surface area contributed by atoms with Crippen molar-refractivity contribution in [2.75, 3.05) is 37.6 Å². The van der Waals surface area contributed by atoms with E-state index in [9.17, 15) is 29.8 Å². The molecule has 2 aliphatic rings. The molecule has 0 bridgehead atoms. The summed E-state index contributed by atoms with van der Waals surface area (Å²) >= 11 is 0. The highest BCUT2D eigenvalue weighted by molar-refractivity contribution is 5.87. The molecule has 1 aromatic rings. The highest BCUT2D eigenvalue weighted by Crippen LogP contribution is 2.35. The average Bonchev–Trinajstić information content (AvgIpc) is 2.81. The molecule has 4 N–H and O–H groups in total. The molecule has 3 amide bonds. The van der Waals surface area contributed by atoms with Crippen LogP contribution in [0.4, 0.5) is 10.5 Å². The quantitative estimate of drug-likeness (QED) is 0.377. The number of nitrogens with one attached hydrogen (secondary N) is 1. The second-order valence-electron chi connectivity index (χ2n) is 8.59. The van der Waals surface area contributed by atoms with Gasteiger partial charge < -0.3 is 24.9 Å². The first-order chi connectivity index (χ1) is 15.3. The molecule has 32 heavy (non-hydrogen) atoms. The molecule has 3 rings (SSSR count). The fraction of sp³-hybridized carbons (Fsp3) is 0.591. The zero-order valence-corrected chi connectivity index (χ0v) is 18.3. The maximum Gasteiger partial charge on any atom is 0.407 e. The van der Waals surface area contributed by atoms with E-state index in [1.165, 1.54) is 6.92 Å². The van der Waals surface area contributed by atoms with Gasteiger partial charge in [-0.2, -0.15) is 0 Å². The molecule has 0 aromatic heterocycles. The van der Waals surface area contributed by atoms with Crippen molar-refractivity contribution >= 4 is 23.6 Å². The zero-order chi connectivity index (χ0) is 23.3. The molecule has 0 radical (unpaired) electrons. The highest BCUT2D eigenvalue weighted by atomic mass is 16.5. The lowest BCUT2D eigenvalue weighted by molar-refractivity contribution is -0.148. The fourth-order valence-corrected chi connectivity index (χ4v) is 4.83. The lowest BCUT2D eigenvalue weighted by Crippen LogP contribution is -2.55. The Morgan fingerprint density at radius 3 is 2.31 bits per heavy atom. The van der Waals surface area contributed by atoms with Crippen LogP contribution in [0.25, 0.3) is 0 Å². The largest absolute Gasteiger partial charge is 0.465 e. The molecule has 10 nitrogen and oxygen atoms in total. The molecule has 1 saturated carbocycles. The Morgan fingerprint density at radius 1 is 1.09 bits per heavy atom. The predicted molar refractivity (Wildman–Crippen MR) is 116 cm³/mol. The van der Waals surface area contributed by atoms with Gasteiger partial charge in [0.05, 0.1) is 12.0 Å². The van der Waals surface area contributed by atoms with Crippen LogP contribution in [-0.2, 0) is 9.59 Å². The molecule has 1 aromatic carbocycles. The lowest BCUT2D eigenvalue weighted by Gasteiger charge is -2.42. The van der Waals surface area contributed by atoms with Gasteiger partial charge in [0.25, 0.3) is 0 Å². The van der Waals surface area contributed by atoms with Gasteiger partial charge in [-0.3, -0.25) is 14.8 Å². The molecule has 10 heteroatoms. The van der Waals surface area contributed by atoms with Gasteiger partial charge in [-0.15, -0.1) is 0 Å². The highest BCUT2D eigenvalue weighted by Gasteiger charge is 2.43. The van der Waals surface area contributed by atoms with Crippen molar-refractivity contribution in [2.24, 2.45) is 11.8 Å². The van der Waals surface area contributed by atoms with Gasteiger partial charge in [0.15, 0.2) is 0 Å². The first-order valence-corrected chi connectivity index (χ1v) is 11.0. The first-order valence-electron chi connectivity index (χ1n) is 11.0. The maximum atomic E-state index is 13.3. The molecule has 0 spiro atoms. The number of hydrogen-bond acceptors (Lipinski definition) is 6. The third kappa shape index (κ3) is 5.49. The van der Waals surface area contributed by atoms with E-state index in [0.717, 1.165) is 10.6 Å². The number of anilines is 1. The van der Waals surface area contributed by atoms with E-state index >= 15 is 0 Å². The topological polar surface area (TPSA) is 134 Å². The summed E-state index contributed by atoms with van der Waals surface area (Å²) in [5.74, 6) is -2.28. The van der Waals surface area contributed by atoms with Crippen molar-refractivity contribution in [2.45, 2.75) is 38.3 Å². The Kier molecular flexibility index (Phi) is 7.92. The minimum atomic E-state index is -1.18. The third-order valence-electron chi connectivity index (χ3n) is 6.45. The Labute approximate surface area is 187 Å². The van der Waals surface area contributed by atoms with Crippen LogP contribution in [0.5, 0.6) is 0 Å². The second kappa shape index (κ2) is 10.6. The van der Waals surface area contributed by atoms with Gasteiger partial charge in [0, 0.05) is 50.4 Å². The van der Waals surface area contributed by atoms with Crippen molar-refractivity contribution in [3.63, 3.8) is 0 Å². The summed E-state index contributed by atoms with van der Waals surface area (Å²) in [4.78, 5) is 42.5. The number of hydroxylamine groups is 1. The fourth-order valence-electron chi connectivity index (χ4n) is 4.83. The Balaban J connectivity index is 1.66. The van der Waals surface area contributed by atoms with E-state index in [2.05, 4.69) is 4.90 Å². The molecule has 0 unspecified atom stereocenters. The van der Waals surface area contributed by atoms with E-state index < -0.39 is 36.0 Å². The van der Waals surface area contributed by atoms with Gasteiger partial charge in [-0.25, -0.2) is 10.3 Å². The minimum Gasteiger partial charge on any atom is -0.465 e. The van der Waals surface area contributed by atoms with Crippen LogP contribution in [0.3, 0.4) is 0 Å². The van der Waals surface area contributed by atoms with Crippen molar-refractivity contribution in [1.29, 1.82) is 0 Å². The van der Waals surface area contributed by atoms with E-state index in [0.29, 0.717) is 39.0 Å². The SMILES string of the molecule is C[C@@H](O)CN(C(=O)O)[C@@H]1CC[C@H](C(=O)N2CCN(c3ccccc3)CC2)[C@@H](C(=O)NO)C1. The van der Waals surface area contributed by atoms with Crippen molar-refractivity contribution in [3.8, 4) is 0 Å². The molecule has 1 heterocycles. The Bertz CT molecular complexity index is 797. The van der Waals surface area contributed by atoms with Crippen LogP contribution in [0.2, 0.25) is 0 Å². The number of benzene rings is 1. The number of hydrogen-bond donors (Lipinski definition) is 4. The monoisotopic (exact) mass is 448 g/mol. The van der Waals surface area contributed by atoms with Crippen molar-refractivity contribution in [3.05, 3.63) is 30.3 Å². The molecule has 1 aliphatic heterocycles. The summed E-state index contributed by atoms with van der Waals surface area (Å²) in [6.45, 7) is 3.85. The molecular weight excluding hydrogens is 416 g/mol. The molecule has 1 aliphatic carbocycles. The average molecular weight is 449 g/mol. The van der Waals surface area contributed by atoms with Crippen LogP contribution in [0.15, 0.2) is 30.3 Å². The van der Waals surface area contributed by atoms with Gasteiger partial charge in [-0.05, 0) is 38.3 Å². The van der Waals surface area contributed by atoms with Gasteiger partial charge in [-0.1, -0.05) is 18.2 Å². The van der Waals surface area contributed by atoms with Crippen LogP contribution in [-0.4, -0.2) is 88.0 Å². The normalized spacial score (nSPS) is 24.5. The number of piperazine rings is 1. The number of rotatable bonds is 6.